The van der Waals surface area contributed by atoms with Gasteiger partial charge in [-0.15, -0.1) is 0 Å². The quantitative estimate of drug-likeness (QED) is 0.837. The Morgan fingerprint density at radius 3 is 2.86 bits per heavy atom. The van der Waals surface area contributed by atoms with Gasteiger partial charge >= 0.3 is 6.03 Å². The molecule has 0 aliphatic heterocycles. The number of hydrogen-bond acceptors (Lipinski definition) is 1. The summed E-state index contributed by atoms with van der Waals surface area (Å²) < 4.78 is 1.11. The predicted molar refractivity (Wildman–Crippen MR) is 66.5 cm³/mol. The van der Waals surface area contributed by atoms with E-state index in [1.807, 2.05) is 31.2 Å². The van der Waals surface area contributed by atoms with Crippen molar-refractivity contribution in [3.05, 3.63) is 27.8 Å². The van der Waals surface area contributed by atoms with Crippen molar-refractivity contribution in [3.8, 4) is 0 Å². The van der Waals surface area contributed by atoms with Crippen molar-refractivity contribution in [3.63, 3.8) is 0 Å². The van der Waals surface area contributed by atoms with E-state index in [2.05, 4.69) is 27.9 Å². The van der Waals surface area contributed by atoms with E-state index in [9.17, 15) is 4.79 Å². The van der Waals surface area contributed by atoms with E-state index in [4.69, 9.17) is 0 Å². The lowest BCUT2D eigenvalue weighted by Gasteiger charge is -2.15. The molecule has 0 atom stereocenters. The van der Waals surface area contributed by atoms with E-state index in [0.29, 0.717) is 6.54 Å². The first kappa shape index (κ1) is 11.3. The summed E-state index contributed by atoms with van der Waals surface area (Å²) in [6.07, 6.45) is 0. The molecule has 0 saturated heterocycles. The van der Waals surface area contributed by atoms with Crippen LogP contribution in [0.25, 0.3) is 0 Å². The summed E-state index contributed by atoms with van der Waals surface area (Å²) in [5, 5.41) is 2.82. The number of carbonyl (C=O) groups excluding carboxylic acids is 1. The molecular formula is C10H13IN2O. The predicted octanol–water partition coefficient (Wildman–Crippen LogP) is 2.77. The first-order chi connectivity index (χ1) is 6.63. The summed E-state index contributed by atoms with van der Waals surface area (Å²) in [5.74, 6) is 0. The molecule has 0 radical (unpaired) electrons. The highest BCUT2D eigenvalue weighted by atomic mass is 127. The van der Waals surface area contributed by atoms with Gasteiger partial charge in [-0.1, -0.05) is 6.07 Å². The molecule has 2 amide bonds. The minimum absolute atomic E-state index is 0.0745. The Kier molecular flexibility index (Phi) is 4.19. The maximum absolute atomic E-state index is 11.5. The largest absolute Gasteiger partial charge is 0.328 e. The number of rotatable bonds is 2. The van der Waals surface area contributed by atoms with Crippen LogP contribution < -0.4 is 5.32 Å². The van der Waals surface area contributed by atoms with Crippen LogP contribution in [-0.4, -0.2) is 24.5 Å². The molecule has 1 N–H and O–H groups in total. The van der Waals surface area contributed by atoms with Crippen LogP contribution in [0, 0.1) is 3.57 Å². The Hall–Kier alpha value is -0.780. The van der Waals surface area contributed by atoms with Crippen molar-refractivity contribution in [1.82, 2.24) is 4.90 Å². The number of amides is 2. The van der Waals surface area contributed by atoms with E-state index in [-0.39, 0.29) is 6.03 Å². The Morgan fingerprint density at radius 1 is 1.57 bits per heavy atom. The van der Waals surface area contributed by atoms with Gasteiger partial charge in [-0.3, -0.25) is 0 Å². The number of urea groups is 1. The molecule has 0 aromatic heterocycles. The van der Waals surface area contributed by atoms with E-state index in [0.717, 1.165) is 9.26 Å². The van der Waals surface area contributed by atoms with Crippen LogP contribution in [0.1, 0.15) is 6.92 Å². The third-order valence-electron chi connectivity index (χ3n) is 1.90. The van der Waals surface area contributed by atoms with Gasteiger partial charge < -0.3 is 10.2 Å². The van der Waals surface area contributed by atoms with Crippen molar-refractivity contribution in [1.29, 1.82) is 0 Å². The normalized spacial score (nSPS) is 9.64. The molecule has 0 saturated carbocycles. The monoisotopic (exact) mass is 304 g/mol. The number of anilines is 1. The average molecular weight is 304 g/mol. The molecule has 1 rings (SSSR count). The minimum atomic E-state index is -0.0745. The third kappa shape index (κ3) is 3.17. The zero-order chi connectivity index (χ0) is 10.6. The van der Waals surface area contributed by atoms with E-state index < -0.39 is 0 Å². The fourth-order valence-electron chi connectivity index (χ4n) is 0.929. The Bertz CT molecular complexity index is 328. The maximum atomic E-state index is 11.5. The molecule has 0 fully saturated rings. The second kappa shape index (κ2) is 5.19. The molecular weight excluding hydrogens is 291 g/mol. The van der Waals surface area contributed by atoms with Crippen LogP contribution in [0.3, 0.4) is 0 Å². The number of hydrogen-bond donors (Lipinski definition) is 1. The van der Waals surface area contributed by atoms with Gasteiger partial charge in [-0.25, -0.2) is 4.79 Å². The molecule has 0 unspecified atom stereocenters. The highest BCUT2D eigenvalue weighted by molar-refractivity contribution is 14.1. The molecule has 3 nitrogen and oxygen atoms in total. The van der Waals surface area contributed by atoms with E-state index in [1.165, 1.54) is 0 Å². The smallest absolute Gasteiger partial charge is 0.321 e. The van der Waals surface area contributed by atoms with Gasteiger partial charge in [0.15, 0.2) is 0 Å². The van der Waals surface area contributed by atoms with Crippen LogP contribution in [0.4, 0.5) is 10.5 Å². The van der Waals surface area contributed by atoms with E-state index in [1.54, 1.807) is 11.9 Å². The standard InChI is InChI=1S/C10H13IN2O/c1-3-13(2)10(14)12-9-6-4-5-8(11)7-9/h4-7H,3H2,1-2H3,(H,12,14). The Balaban J connectivity index is 2.65. The van der Waals surface area contributed by atoms with Gasteiger partial charge in [-0.2, -0.15) is 0 Å². The minimum Gasteiger partial charge on any atom is -0.328 e. The van der Waals surface area contributed by atoms with Gasteiger partial charge in [0.2, 0.25) is 0 Å². The van der Waals surface area contributed by atoms with Gasteiger partial charge in [0.1, 0.15) is 0 Å². The Labute approximate surface area is 97.6 Å². The highest BCUT2D eigenvalue weighted by Gasteiger charge is 2.05. The van der Waals surface area contributed by atoms with Crippen LogP contribution in [0.15, 0.2) is 24.3 Å². The summed E-state index contributed by atoms with van der Waals surface area (Å²) in [4.78, 5) is 13.1. The van der Waals surface area contributed by atoms with Crippen molar-refractivity contribution in [2.75, 3.05) is 18.9 Å². The van der Waals surface area contributed by atoms with Crippen LogP contribution >= 0.6 is 22.6 Å². The van der Waals surface area contributed by atoms with Crippen molar-refractivity contribution < 1.29 is 4.79 Å². The van der Waals surface area contributed by atoms with Gasteiger partial charge in [0.05, 0.1) is 0 Å². The number of nitrogens with zero attached hydrogens (tertiary/aromatic N) is 1. The van der Waals surface area contributed by atoms with Crippen molar-refractivity contribution in [2.24, 2.45) is 0 Å². The number of benzene rings is 1. The topological polar surface area (TPSA) is 32.3 Å². The van der Waals surface area contributed by atoms with Gasteiger partial charge in [-0.05, 0) is 47.7 Å². The van der Waals surface area contributed by atoms with Crippen LogP contribution in [0.2, 0.25) is 0 Å². The van der Waals surface area contributed by atoms with Crippen LogP contribution in [-0.2, 0) is 0 Å². The molecule has 4 heteroatoms. The lowest BCUT2D eigenvalue weighted by molar-refractivity contribution is 0.224. The molecule has 76 valence electrons. The molecule has 1 aromatic carbocycles. The maximum Gasteiger partial charge on any atom is 0.321 e. The van der Waals surface area contributed by atoms with E-state index >= 15 is 0 Å². The summed E-state index contributed by atoms with van der Waals surface area (Å²) in [5.41, 5.74) is 0.835. The fourth-order valence-corrected chi connectivity index (χ4v) is 1.47. The van der Waals surface area contributed by atoms with Crippen molar-refractivity contribution >= 4 is 34.3 Å². The SMILES string of the molecule is CCN(C)C(=O)Nc1cccc(I)c1. The van der Waals surface area contributed by atoms with Crippen molar-refractivity contribution in [2.45, 2.75) is 6.92 Å². The second-order valence-corrected chi connectivity index (χ2v) is 4.20. The number of nitrogens with one attached hydrogen (secondary N) is 1. The zero-order valence-corrected chi connectivity index (χ0v) is 10.4. The third-order valence-corrected chi connectivity index (χ3v) is 2.57. The second-order valence-electron chi connectivity index (χ2n) is 2.95. The average Bonchev–Trinajstić information content (AvgIpc) is 2.16. The first-order valence-corrected chi connectivity index (χ1v) is 5.49. The van der Waals surface area contributed by atoms with Crippen LogP contribution in [0.5, 0.6) is 0 Å². The molecule has 0 aliphatic carbocycles. The molecule has 0 spiro atoms. The molecule has 14 heavy (non-hydrogen) atoms. The molecule has 0 heterocycles. The van der Waals surface area contributed by atoms with Gasteiger partial charge in [0.25, 0.3) is 0 Å². The summed E-state index contributed by atoms with van der Waals surface area (Å²) in [7, 11) is 1.77. The lowest BCUT2D eigenvalue weighted by atomic mass is 10.3. The fraction of sp³-hybridized carbons (Fsp3) is 0.300. The molecule has 0 bridgehead atoms. The summed E-state index contributed by atoms with van der Waals surface area (Å²) >= 11 is 2.21. The first-order valence-electron chi connectivity index (χ1n) is 4.41. The number of halogens is 1. The highest BCUT2D eigenvalue weighted by Crippen LogP contribution is 2.12. The molecule has 1 aromatic rings. The summed E-state index contributed by atoms with van der Waals surface area (Å²) in [6, 6.07) is 7.64. The zero-order valence-electron chi connectivity index (χ0n) is 8.25. The van der Waals surface area contributed by atoms with Gasteiger partial charge in [0, 0.05) is 22.8 Å². The Morgan fingerprint density at radius 2 is 2.29 bits per heavy atom. The lowest BCUT2D eigenvalue weighted by Crippen LogP contribution is -2.30. The summed E-state index contributed by atoms with van der Waals surface area (Å²) in [6.45, 7) is 2.64. The molecule has 0 aliphatic rings. The number of carbonyl (C=O) groups is 1.